The second-order valence-corrected chi connectivity index (χ2v) is 4.53. The smallest absolute Gasteiger partial charge is 0.303 e. The lowest BCUT2D eigenvalue weighted by Gasteiger charge is -2.01. The van der Waals surface area contributed by atoms with Crippen molar-refractivity contribution in [2.45, 2.75) is 57.8 Å². The fourth-order valence-corrected chi connectivity index (χ4v) is 1.90. The summed E-state index contributed by atoms with van der Waals surface area (Å²) in [5.41, 5.74) is 0. The highest BCUT2D eigenvalue weighted by molar-refractivity contribution is 5.66. The second-order valence-electron chi connectivity index (χ2n) is 4.53. The summed E-state index contributed by atoms with van der Waals surface area (Å²) in [6, 6.07) is 1.83. The van der Waals surface area contributed by atoms with Gasteiger partial charge >= 0.3 is 5.97 Å². The molecule has 0 spiro atoms. The first kappa shape index (κ1) is 14.6. The molecule has 0 fully saturated rings. The number of carboxylic acids is 1. The minimum atomic E-state index is -0.683. The molecule has 4 nitrogen and oxygen atoms in total. The van der Waals surface area contributed by atoms with Crippen molar-refractivity contribution in [1.82, 2.24) is 9.97 Å². The molecule has 0 radical (unpaired) electrons. The molecule has 0 amide bonds. The van der Waals surface area contributed by atoms with Crippen LogP contribution in [0.3, 0.4) is 0 Å². The van der Waals surface area contributed by atoms with Crippen LogP contribution >= 0.6 is 0 Å². The molecule has 1 heterocycles. The van der Waals surface area contributed by atoms with E-state index in [9.17, 15) is 4.79 Å². The molecule has 0 aliphatic carbocycles. The lowest BCUT2D eigenvalue weighted by atomic mass is 10.1. The van der Waals surface area contributed by atoms with E-state index in [0.29, 0.717) is 6.42 Å². The maximum absolute atomic E-state index is 10.3. The SMILES string of the molecule is O=C(O)CCCCCCCCCc1ncccn1. The van der Waals surface area contributed by atoms with Gasteiger partial charge in [-0.05, 0) is 18.9 Å². The van der Waals surface area contributed by atoms with Gasteiger partial charge in [-0.25, -0.2) is 9.97 Å². The zero-order chi connectivity index (χ0) is 13.1. The molecule has 1 rings (SSSR count). The number of unbranched alkanes of at least 4 members (excludes halogenated alkanes) is 6. The predicted molar refractivity (Wildman–Crippen MR) is 70.3 cm³/mol. The molecule has 0 saturated heterocycles. The lowest BCUT2D eigenvalue weighted by Crippen LogP contribution is -1.94. The largest absolute Gasteiger partial charge is 0.481 e. The first-order valence-electron chi connectivity index (χ1n) is 6.77. The highest BCUT2D eigenvalue weighted by Gasteiger charge is 1.97. The minimum absolute atomic E-state index is 0.311. The van der Waals surface area contributed by atoms with Crippen LogP contribution < -0.4 is 0 Å². The Morgan fingerprint density at radius 2 is 1.50 bits per heavy atom. The zero-order valence-corrected chi connectivity index (χ0v) is 10.8. The summed E-state index contributed by atoms with van der Waals surface area (Å²) in [7, 11) is 0. The summed E-state index contributed by atoms with van der Waals surface area (Å²) in [4.78, 5) is 18.7. The van der Waals surface area contributed by atoms with Gasteiger partial charge in [-0.2, -0.15) is 0 Å². The van der Waals surface area contributed by atoms with Crippen molar-refractivity contribution in [2.24, 2.45) is 0 Å². The molecular formula is C14H22N2O2. The molecule has 100 valence electrons. The molecule has 0 unspecified atom stereocenters. The van der Waals surface area contributed by atoms with Gasteiger partial charge in [0.25, 0.3) is 0 Å². The quantitative estimate of drug-likeness (QED) is 0.647. The Morgan fingerprint density at radius 1 is 0.944 bits per heavy atom. The molecule has 1 aromatic rings. The number of carbonyl (C=O) groups is 1. The monoisotopic (exact) mass is 250 g/mol. The average molecular weight is 250 g/mol. The van der Waals surface area contributed by atoms with E-state index < -0.39 is 5.97 Å². The van der Waals surface area contributed by atoms with Crippen molar-refractivity contribution in [2.75, 3.05) is 0 Å². The zero-order valence-electron chi connectivity index (χ0n) is 10.8. The summed E-state index contributed by atoms with van der Waals surface area (Å²) in [5.74, 6) is 0.247. The standard InChI is InChI=1S/C14H22N2O2/c17-14(18)10-7-5-3-1-2-4-6-9-13-15-11-8-12-16-13/h8,11-12H,1-7,9-10H2,(H,17,18). The highest BCUT2D eigenvalue weighted by atomic mass is 16.4. The van der Waals surface area contributed by atoms with Crippen LogP contribution in [0.2, 0.25) is 0 Å². The van der Waals surface area contributed by atoms with Gasteiger partial charge in [0, 0.05) is 25.2 Å². The fraction of sp³-hybridized carbons (Fsp3) is 0.643. The van der Waals surface area contributed by atoms with E-state index in [-0.39, 0.29) is 0 Å². The Labute approximate surface area is 108 Å². The molecular weight excluding hydrogens is 228 g/mol. The number of aryl methyl sites for hydroxylation is 1. The van der Waals surface area contributed by atoms with Crippen LogP contribution in [0.4, 0.5) is 0 Å². The van der Waals surface area contributed by atoms with Crippen LogP contribution in [0.5, 0.6) is 0 Å². The normalized spacial score (nSPS) is 10.4. The number of nitrogens with zero attached hydrogens (tertiary/aromatic N) is 2. The topological polar surface area (TPSA) is 63.1 Å². The van der Waals surface area contributed by atoms with Crippen LogP contribution in [0.15, 0.2) is 18.5 Å². The van der Waals surface area contributed by atoms with Crippen molar-refractivity contribution in [3.63, 3.8) is 0 Å². The number of rotatable bonds is 10. The van der Waals surface area contributed by atoms with Crippen LogP contribution in [0.1, 0.15) is 57.2 Å². The molecule has 1 aromatic heterocycles. The first-order chi connectivity index (χ1) is 8.79. The van der Waals surface area contributed by atoms with E-state index >= 15 is 0 Å². The van der Waals surface area contributed by atoms with Crippen LogP contribution in [-0.4, -0.2) is 21.0 Å². The third-order valence-corrected chi connectivity index (χ3v) is 2.91. The van der Waals surface area contributed by atoms with Gasteiger partial charge in [-0.3, -0.25) is 4.79 Å². The molecule has 1 N–H and O–H groups in total. The van der Waals surface area contributed by atoms with E-state index in [4.69, 9.17) is 5.11 Å². The van der Waals surface area contributed by atoms with Gasteiger partial charge in [0.15, 0.2) is 0 Å². The third-order valence-electron chi connectivity index (χ3n) is 2.91. The summed E-state index contributed by atoms with van der Waals surface area (Å²) in [6.07, 6.45) is 12.6. The van der Waals surface area contributed by atoms with E-state index in [1.807, 2.05) is 6.07 Å². The molecule has 0 aliphatic heterocycles. The van der Waals surface area contributed by atoms with Gasteiger partial charge in [0.2, 0.25) is 0 Å². The highest BCUT2D eigenvalue weighted by Crippen LogP contribution is 2.09. The second kappa shape index (κ2) is 9.57. The predicted octanol–water partition coefficient (Wildman–Crippen LogP) is 3.22. The third kappa shape index (κ3) is 7.76. The number of aliphatic carboxylic acids is 1. The summed E-state index contributed by atoms with van der Waals surface area (Å²) < 4.78 is 0. The first-order valence-corrected chi connectivity index (χ1v) is 6.77. The van der Waals surface area contributed by atoms with Gasteiger partial charge < -0.3 is 5.11 Å². The molecule has 0 atom stereocenters. The van der Waals surface area contributed by atoms with Crippen LogP contribution in [-0.2, 0) is 11.2 Å². The maximum Gasteiger partial charge on any atom is 0.303 e. The van der Waals surface area contributed by atoms with E-state index in [2.05, 4.69) is 9.97 Å². The van der Waals surface area contributed by atoms with Crippen LogP contribution in [0.25, 0.3) is 0 Å². The molecule has 0 saturated carbocycles. The minimum Gasteiger partial charge on any atom is -0.481 e. The number of aromatic nitrogens is 2. The Kier molecular flexibility index (Phi) is 7.77. The molecule has 0 aliphatic rings. The van der Waals surface area contributed by atoms with Gasteiger partial charge in [0.1, 0.15) is 5.82 Å². The van der Waals surface area contributed by atoms with Crippen molar-refractivity contribution in [1.29, 1.82) is 0 Å². The molecule has 18 heavy (non-hydrogen) atoms. The summed E-state index contributed by atoms with van der Waals surface area (Å²) in [6.45, 7) is 0. The van der Waals surface area contributed by atoms with Crippen molar-refractivity contribution >= 4 is 5.97 Å². The summed E-state index contributed by atoms with van der Waals surface area (Å²) >= 11 is 0. The van der Waals surface area contributed by atoms with Crippen molar-refractivity contribution < 1.29 is 9.90 Å². The van der Waals surface area contributed by atoms with E-state index in [0.717, 1.165) is 37.9 Å². The molecule has 0 aromatic carbocycles. The number of carboxylic acid groups (broad SMARTS) is 1. The van der Waals surface area contributed by atoms with Gasteiger partial charge in [-0.1, -0.05) is 32.1 Å². The van der Waals surface area contributed by atoms with Gasteiger partial charge in [-0.15, -0.1) is 0 Å². The molecule has 4 heteroatoms. The fourth-order valence-electron chi connectivity index (χ4n) is 1.90. The van der Waals surface area contributed by atoms with E-state index in [1.54, 1.807) is 12.4 Å². The Bertz CT molecular complexity index is 328. The number of hydrogen-bond donors (Lipinski definition) is 1. The van der Waals surface area contributed by atoms with Crippen LogP contribution in [0, 0.1) is 0 Å². The van der Waals surface area contributed by atoms with Crippen molar-refractivity contribution in [3.8, 4) is 0 Å². The van der Waals surface area contributed by atoms with Gasteiger partial charge in [0.05, 0.1) is 0 Å². The van der Waals surface area contributed by atoms with Crippen molar-refractivity contribution in [3.05, 3.63) is 24.3 Å². The Morgan fingerprint density at radius 3 is 2.11 bits per heavy atom. The maximum atomic E-state index is 10.3. The average Bonchev–Trinajstić information content (AvgIpc) is 2.37. The molecule has 0 bridgehead atoms. The lowest BCUT2D eigenvalue weighted by molar-refractivity contribution is -0.137. The Balaban J connectivity index is 1.86. The summed E-state index contributed by atoms with van der Waals surface area (Å²) in [5, 5.41) is 8.48. The van der Waals surface area contributed by atoms with E-state index in [1.165, 1.54) is 19.3 Å². The Hall–Kier alpha value is -1.45. The number of hydrogen-bond acceptors (Lipinski definition) is 3.